The van der Waals surface area contributed by atoms with E-state index in [2.05, 4.69) is 5.10 Å². The minimum absolute atomic E-state index is 0.0328. The molecule has 2 aromatic carbocycles. The average Bonchev–Trinajstić information content (AvgIpc) is 2.85. The van der Waals surface area contributed by atoms with E-state index in [-0.39, 0.29) is 30.4 Å². The number of fused-ring (bicyclic) bond motifs is 2. The Morgan fingerprint density at radius 1 is 0.938 bits per heavy atom. The van der Waals surface area contributed by atoms with E-state index >= 15 is 0 Å². The molecule has 2 aliphatic rings. The molecular weight excluding hydrogens is 412 g/mol. The highest BCUT2D eigenvalue weighted by Crippen LogP contribution is 2.31. The van der Waals surface area contributed by atoms with E-state index in [0.717, 1.165) is 0 Å². The molecule has 164 valence electrons. The summed E-state index contributed by atoms with van der Waals surface area (Å²) in [6, 6.07) is 14.4. The number of carbonyl (C=O) groups is 2. The minimum atomic E-state index is -0.691. The van der Waals surface area contributed by atoms with Crippen molar-refractivity contribution < 1.29 is 19.1 Å². The smallest absolute Gasteiger partial charge is 0.267 e. The standard InChI is InChI=1S/C23H22N4O5/c28-18-13-24-27(17-6-2-1-5-16(17)18)14-22(29)25-9-11-26(12-10-25)23(30)21-15-31-19-7-3-4-8-20(19)32-21/h1-8,13,21H,9-12,14-15H2. The quantitative estimate of drug-likeness (QED) is 0.608. The first-order valence-electron chi connectivity index (χ1n) is 10.5. The number of hydrogen-bond donors (Lipinski definition) is 0. The van der Waals surface area contributed by atoms with E-state index in [0.29, 0.717) is 48.6 Å². The highest BCUT2D eigenvalue weighted by Gasteiger charge is 2.33. The molecule has 9 heteroatoms. The fraction of sp³-hybridized carbons (Fsp3) is 0.304. The van der Waals surface area contributed by atoms with Crippen molar-refractivity contribution in [2.24, 2.45) is 0 Å². The Morgan fingerprint density at radius 2 is 1.62 bits per heavy atom. The van der Waals surface area contributed by atoms with Crippen molar-refractivity contribution in [2.45, 2.75) is 12.6 Å². The molecule has 1 aromatic heterocycles. The average molecular weight is 434 g/mol. The third kappa shape index (κ3) is 3.77. The van der Waals surface area contributed by atoms with Gasteiger partial charge in [0.25, 0.3) is 5.91 Å². The van der Waals surface area contributed by atoms with Gasteiger partial charge in [-0.2, -0.15) is 5.10 Å². The Hall–Kier alpha value is -3.88. The predicted molar refractivity (Wildman–Crippen MR) is 116 cm³/mol. The van der Waals surface area contributed by atoms with Gasteiger partial charge in [0, 0.05) is 31.6 Å². The minimum Gasteiger partial charge on any atom is -0.485 e. The molecule has 3 heterocycles. The summed E-state index contributed by atoms with van der Waals surface area (Å²) in [5.41, 5.74) is 0.449. The molecule has 3 aromatic rings. The van der Waals surface area contributed by atoms with Crippen LogP contribution in [0.3, 0.4) is 0 Å². The van der Waals surface area contributed by atoms with E-state index in [4.69, 9.17) is 9.47 Å². The first-order valence-corrected chi connectivity index (χ1v) is 10.5. The number of piperazine rings is 1. The lowest BCUT2D eigenvalue weighted by atomic mass is 10.2. The third-order valence-corrected chi connectivity index (χ3v) is 5.78. The lowest BCUT2D eigenvalue weighted by Gasteiger charge is -2.37. The van der Waals surface area contributed by atoms with Crippen molar-refractivity contribution in [1.82, 2.24) is 19.6 Å². The molecule has 0 N–H and O–H groups in total. The molecule has 2 aliphatic heterocycles. The third-order valence-electron chi connectivity index (χ3n) is 5.78. The van der Waals surface area contributed by atoms with Gasteiger partial charge >= 0.3 is 0 Å². The number of nitrogens with zero attached hydrogens (tertiary/aromatic N) is 4. The summed E-state index contributed by atoms with van der Waals surface area (Å²) >= 11 is 0. The van der Waals surface area contributed by atoms with Crippen LogP contribution in [0.2, 0.25) is 0 Å². The molecule has 1 fully saturated rings. The molecule has 1 saturated heterocycles. The van der Waals surface area contributed by atoms with Gasteiger partial charge < -0.3 is 19.3 Å². The van der Waals surface area contributed by atoms with Crippen LogP contribution in [0, 0.1) is 0 Å². The maximum atomic E-state index is 12.9. The van der Waals surface area contributed by atoms with Crippen molar-refractivity contribution in [3.63, 3.8) is 0 Å². The number of ether oxygens (including phenoxy) is 2. The summed E-state index contributed by atoms with van der Waals surface area (Å²) < 4.78 is 13.0. The van der Waals surface area contributed by atoms with Crippen molar-refractivity contribution >= 4 is 22.7 Å². The van der Waals surface area contributed by atoms with Gasteiger partial charge in [-0.25, -0.2) is 0 Å². The first-order chi connectivity index (χ1) is 15.6. The zero-order chi connectivity index (χ0) is 22.1. The van der Waals surface area contributed by atoms with Crippen LogP contribution in [0.1, 0.15) is 0 Å². The molecule has 0 bridgehead atoms. The molecule has 0 radical (unpaired) electrons. The Kier molecular flexibility index (Phi) is 5.22. The second kappa shape index (κ2) is 8.33. The molecule has 0 aliphatic carbocycles. The number of para-hydroxylation sites is 3. The molecule has 9 nitrogen and oxygen atoms in total. The first kappa shape index (κ1) is 20.0. The summed E-state index contributed by atoms with van der Waals surface area (Å²) in [7, 11) is 0. The van der Waals surface area contributed by atoms with Gasteiger partial charge in [0.1, 0.15) is 13.2 Å². The second-order valence-electron chi connectivity index (χ2n) is 7.75. The Balaban J connectivity index is 1.20. The Morgan fingerprint density at radius 3 is 2.44 bits per heavy atom. The van der Waals surface area contributed by atoms with Gasteiger partial charge in [-0.15, -0.1) is 0 Å². The van der Waals surface area contributed by atoms with Crippen LogP contribution in [0.5, 0.6) is 11.5 Å². The monoisotopic (exact) mass is 434 g/mol. The fourth-order valence-electron chi connectivity index (χ4n) is 4.04. The van der Waals surface area contributed by atoms with Crippen molar-refractivity contribution in [3.05, 3.63) is 65.0 Å². The molecule has 2 amide bonds. The molecule has 5 rings (SSSR count). The van der Waals surface area contributed by atoms with Gasteiger partial charge in [0.15, 0.2) is 11.5 Å². The van der Waals surface area contributed by atoms with E-state index in [1.165, 1.54) is 6.20 Å². The largest absolute Gasteiger partial charge is 0.485 e. The Labute approximate surface area is 183 Å². The van der Waals surface area contributed by atoms with Gasteiger partial charge in [0.2, 0.25) is 17.4 Å². The van der Waals surface area contributed by atoms with Crippen LogP contribution in [-0.2, 0) is 16.1 Å². The van der Waals surface area contributed by atoms with Gasteiger partial charge in [-0.1, -0.05) is 24.3 Å². The number of hydrogen-bond acceptors (Lipinski definition) is 6. The number of aromatic nitrogens is 2. The van der Waals surface area contributed by atoms with Gasteiger partial charge in [-0.3, -0.25) is 19.1 Å². The summed E-state index contributed by atoms with van der Waals surface area (Å²) in [4.78, 5) is 41.1. The number of carbonyl (C=O) groups excluding carboxylic acids is 2. The fourth-order valence-corrected chi connectivity index (χ4v) is 4.04. The molecule has 1 unspecified atom stereocenters. The summed E-state index contributed by atoms with van der Waals surface area (Å²) in [6.07, 6.45) is 0.542. The maximum absolute atomic E-state index is 12.9. The summed E-state index contributed by atoms with van der Waals surface area (Å²) in [5, 5.41) is 4.66. The molecule has 32 heavy (non-hydrogen) atoms. The SMILES string of the molecule is O=C(Cn1ncc(=O)c2ccccc21)N1CCN(C(=O)C2COc3ccccc3O2)CC1. The van der Waals surface area contributed by atoms with Crippen LogP contribution in [0.4, 0.5) is 0 Å². The normalized spacial score (nSPS) is 17.9. The van der Waals surface area contributed by atoms with Crippen LogP contribution in [-0.4, -0.2) is 70.3 Å². The van der Waals surface area contributed by atoms with E-state index in [1.807, 2.05) is 18.2 Å². The van der Waals surface area contributed by atoms with Crippen LogP contribution in [0.25, 0.3) is 10.9 Å². The van der Waals surface area contributed by atoms with Crippen LogP contribution < -0.4 is 14.9 Å². The molecule has 0 spiro atoms. The van der Waals surface area contributed by atoms with Gasteiger partial charge in [0.05, 0.1) is 11.7 Å². The lowest BCUT2D eigenvalue weighted by molar-refractivity contribution is -0.146. The second-order valence-corrected chi connectivity index (χ2v) is 7.75. The Bertz CT molecular complexity index is 1230. The topological polar surface area (TPSA) is 94.0 Å². The number of rotatable bonds is 3. The predicted octanol–water partition coefficient (Wildman–Crippen LogP) is 0.907. The highest BCUT2D eigenvalue weighted by atomic mass is 16.6. The van der Waals surface area contributed by atoms with Crippen molar-refractivity contribution in [1.29, 1.82) is 0 Å². The summed E-state index contributed by atoms with van der Waals surface area (Å²) in [6.45, 7) is 1.89. The van der Waals surface area contributed by atoms with E-state index in [9.17, 15) is 14.4 Å². The van der Waals surface area contributed by atoms with E-state index in [1.54, 1.807) is 44.8 Å². The number of benzene rings is 2. The zero-order valence-electron chi connectivity index (χ0n) is 17.3. The molecule has 0 saturated carbocycles. The van der Waals surface area contributed by atoms with Gasteiger partial charge in [-0.05, 0) is 24.3 Å². The molecule has 1 atom stereocenters. The van der Waals surface area contributed by atoms with Crippen molar-refractivity contribution in [2.75, 3.05) is 32.8 Å². The van der Waals surface area contributed by atoms with Crippen LogP contribution >= 0.6 is 0 Å². The van der Waals surface area contributed by atoms with Crippen molar-refractivity contribution in [3.8, 4) is 11.5 Å². The van der Waals surface area contributed by atoms with E-state index < -0.39 is 6.10 Å². The summed E-state index contributed by atoms with van der Waals surface area (Å²) in [5.74, 6) is 0.951. The zero-order valence-corrected chi connectivity index (χ0v) is 17.3. The maximum Gasteiger partial charge on any atom is 0.267 e. The lowest BCUT2D eigenvalue weighted by Crippen LogP contribution is -2.55. The highest BCUT2D eigenvalue weighted by molar-refractivity contribution is 5.83. The van der Waals surface area contributed by atoms with Crippen LogP contribution in [0.15, 0.2) is 59.5 Å². The molecular formula is C23H22N4O5. The number of amides is 2.